The molecule has 0 aliphatic heterocycles. The molecule has 0 heterocycles. The van der Waals surface area contributed by atoms with E-state index < -0.39 is 54.6 Å². The molecule has 0 aromatic rings. The molecule has 16 heavy (non-hydrogen) atoms. The van der Waals surface area contributed by atoms with Crippen LogP contribution in [0.3, 0.4) is 0 Å². The lowest BCUT2D eigenvalue weighted by Crippen LogP contribution is -2.60. The lowest BCUT2D eigenvalue weighted by Gasteiger charge is -2.42. The van der Waals surface area contributed by atoms with Crippen molar-refractivity contribution in [3.8, 4) is 0 Å². The van der Waals surface area contributed by atoms with E-state index in [9.17, 15) is 35.7 Å². The number of aliphatic hydroxyl groups excluding tert-OH is 7. The van der Waals surface area contributed by atoms with Crippen LogP contribution >= 0.6 is 0 Å². The first-order valence-electron chi connectivity index (χ1n) is 5.14. The molecule has 0 spiro atoms. The van der Waals surface area contributed by atoms with Crippen molar-refractivity contribution in [3.63, 3.8) is 0 Å². The van der Waals surface area contributed by atoms with Gasteiger partial charge in [0.05, 0.1) is 24.4 Å². The Hall–Kier alpha value is -0.280. The van der Waals surface area contributed by atoms with Crippen molar-refractivity contribution in [2.75, 3.05) is 0 Å². The lowest BCUT2D eigenvalue weighted by molar-refractivity contribution is -0.196. The number of aliphatic hydroxyl groups is 7. The van der Waals surface area contributed by atoms with Gasteiger partial charge >= 0.3 is 0 Å². The van der Waals surface area contributed by atoms with Crippen molar-refractivity contribution in [2.24, 2.45) is 11.8 Å². The molecule has 0 amide bonds. The molecule has 2 aliphatic rings. The zero-order valence-electron chi connectivity index (χ0n) is 8.33. The second kappa shape index (κ2) is 3.88. The zero-order valence-corrected chi connectivity index (χ0v) is 8.33. The summed E-state index contributed by atoms with van der Waals surface area (Å²) >= 11 is 0. The average Bonchev–Trinajstić information content (AvgIpc) is 2.48. The molecule has 0 aromatic carbocycles. The van der Waals surface area contributed by atoms with Crippen molar-refractivity contribution in [1.82, 2.24) is 0 Å². The van der Waals surface area contributed by atoms with Gasteiger partial charge in [-0.15, -0.1) is 0 Å². The Balaban J connectivity index is 2.33. The Kier molecular flexibility index (Phi) is 2.96. The summed E-state index contributed by atoms with van der Waals surface area (Å²) in [6.07, 6.45) is -10.6. The highest BCUT2D eigenvalue weighted by atomic mass is 16.4. The minimum Gasteiger partial charge on any atom is -0.390 e. The fraction of sp³-hybridized carbons (Fsp3) is 1.00. The summed E-state index contributed by atoms with van der Waals surface area (Å²) < 4.78 is 0. The topological polar surface area (TPSA) is 142 Å². The maximum Gasteiger partial charge on any atom is 0.109 e. The highest BCUT2D eigenvalue weighted by Crippen LogP contribution is 2.43. The summed E-state index contributed by atoms with van der Waals surface area (Å²) in [6.45, 7) is 0. The third kappa shape index (κ3) is 1.41. The standard InChI is InChI=1S/C9H16O7/c10-3-1-2(4(11)7(3)14)6(13)9(16)8(15)5(1)12/h1-16H/t1-,2+,3+,4-,5-,6-,7?,8-,9-/m0/s1. The summed E-state index contributed by atoms with van der Waals surface area (Å²) in [6, 6.07) is 0. The quantitative estimate of drug-likeness (QED) is 0.226. The van der Waals surface area contributed by atoms with Gasteiger partial charge in [0.1, 0.15) is 18.3 Å². The second-order valence-electron chi connectivity index (χ2n) is 4.59. The first kappa shape index (κ1) is 12.2. The molecule has 0 radical (unpaired) electrons. The van der Waals surface area contributed by atoms with Gasteiger partial charge in [0, 0.05) is 11.8 Å². The third-order valence-electron chi connectivity index (χ3n) is 3.77. The number of hydrogen-bond donors (Lipinski definition) is 7. The monoisotopic (exact) mass is 236 g/mol. The number of rotatable bonds is 0. The zero-order chi connectivity index (χ0) is 12.2. The normalized spacial score (nSPS) is 62.1. The Morgan fingerprint density at radius 1 is 0.312 bits per heavy atom. The van der Waals surface area contributed by atoms with Crippen LogP contribution in [0.2, 0.25) is 0 Å². The molecule has 2 saturated carbocycles. The average molecular weight is 236 g/mol. The van der Waals surface area contributed by atoms with Crippen LogP contribution in [0.15, 0.2) is 0 Å². The van der Waals surface area contributed by atoms with Crippen LogP contribution in [-0.2, 0) is 0 Å². The van der Waals surface area contributed by atoms with Gasteiger partial charge in [-0.05, 0) is 0 Å². The highest BCUT2D eigenvalue weighted by molar-refractivity contribution is 5.10. The van der Waals surface area contributed by atoms with Crippen molar-refractivity contribution in [2.45, 2.75) is 42.7 Å². The van der Waals surface area contributed by atoms with Gasteiger partial charge in [-0.3, -0.25) is 0 Å². The van der Waals surface area contributed by atoms with E-state index >= 15 is 0 Å². The van der Waals surface area contributed by atoms with E-state index in [0.717, 1.165) is 0 Å². The molecule has 94 valence electrons. The van der Waals surface area contributed by atoms with Crippen LogP contribution in [0.4, 0.5) is 0 Å². The lowest BCUT2D eigenvalue weighted by atomic mass is 9.73. The Bertz CT molecular complexity index is 247. The van der Waals surface area contributed by atoms with Crippen LogP contribution in [-0.4, -0.2) is 78.5 Å². The Morgan fingerprint density at radius 2 is 0.500 bits per heavy atom. The minimum absolute atomic E-state index is 1.06. The Labute approximate surface area is 91.2 Å². The van der Waals surface area contributed by atoms with E-state index in [1.165, 1.54) is 0 Å². The van der Waals surface area contributed by atoms with E-state index in [1.54, 1.807) is 0 Å². The first-order chi connectivity index (χ1) is 7.37. The second-order valence-corrected chi connectivity index (χ2v) is 4.59. The summed E-state index contributed by atoms with van der Waals surface area (Å²) in [5.74, 6) is -2.11. The largest absolute Gasteiger partial charge is 0.390 e. The van der Waals surface area contributed by atoms with Gasteiger partial charge in [-0.25, -0.2) is 0 Å². The number of fused-ring (bicyclic) bond motifs is 1. The fourth-order valence-electron chi connectivity index (χ4n) is 2.83. The summed E-state index contributed by atoms with van der Waals surface area (Å²) in [4.78, 5) is 0. The van der Waals surface area contributed by atoms with Crippen LogP contribution in [0.5, 0.6) is 0 Å². The molecule has 1 unspecified atom stereocenters. The van der Waals surface area contributed by atoms with Crippen molar-refractivity contribution >= 4 is 0 Å². The molecule has 2 rings (SSSR count). The van der Waals surface area contributed by atoms with Gasteiger partial charge in [0.2, 0.25) is 0 Å². The van der Waals surface area contributed by atoms with Crippen LogP contribution in [0.1, 0.15) is 0 Å². The molecule has 7 heteroatoms. The highest BCUT2D eigenvalue weighted by Gasteiger charge is 2.60. The predicted octanol–water partition coefficient (Wildman–Crippen LogP) is -4.23. The SMILES string of the molecule is OC1[C@@H](O)[C@@H]2[C@H](O)[C@H](O)[C@@H](O)[C@@H](O)[C@@H]2[C@H]1O. The Morgan fingerprint density at radius 3 is 0.750 bits per heavy atom. The van der Waals surface area contributed by atoms with Crippen LogP contribution in [0.25, 0.3) is 0 Å². The molecule has 0 saturated heterocycles. The van der Waals surface area contributed by atoms with Gasteiger partial charge in [-0.1, -0.05) is 0 Å². The summed E-state index contributed by atoms with van der Waals surface area (Å²) in [5.41, 5.74) is 0. The van der Waals surface area contributed by atoms with E-state index in [-0.39, 0.29) is 0 Å². The van der Waals surface area contributed by atoms with Crippen molar-refractivity contribution in [3.05, 3.63) is 0 Å². The van der Waals surface area contributed by atoms with E-state index in [4.69, 9.17) is 0 Å². The molecule has 2 fully saturated rings. The van der Waals surface area contributed by atoms with Gasteiger partial charge in [-0.2, -0.15) is 0 Å². The van der Waals surface area contributed by atoms with Gasteiger partial charge in [0.25, 0.3) is 0 Å². The third-order valence-corrected chi connectivity index (χ3v) is 3.77. The molecule has 0 bridgehead atoms. The van der Waals surface area contributed by atoms with E-state index in [2.05, 4.69) is 0 Å². The maximum atomic E-state index is 9.64. The number of hydrogen-bond acceptors (Lipinski definition) is 7. The fourth-order valence-corrected chi connectivity index (χ4v) is 2.83. The van der Waals surface area contributed by atoms with E-state index in [1.807, 2.05) is 0 Å². The van der Waals surface area contributed by atoms with Crippen LogP contribution < -0.4 is 0 Å². The van der Waals surface area contributed by atoms with Gasteiger partial charge in [0.15, 0.2) is 0 Å². The predicted molar refractivity (Wildman–Crippen MR) is 49.0 cm³/mol. The minimum atomic E-state index is -1.61. The van der Waals surface area contributed by atoms with Crippen molar-refractivity contribution in [1.29, 1.82) is 0 Å². The smallest absolute Gasteiger partial charge is 0.109 e. The van der Waals surface area contributed by atoms with Crippen molar-refractivity contribution < 1.29 is 35.7 Å². The maximum absolute atomic E-state index is 9.64. The molecular weight excluding hydrogens is 220 g/mol. The molecule has 9 atom stereocenters. The molecule has 2 aliphatic carbocycles. The first-order valence-corrected chi connectivity index (χ1v) is 5.14. The molecule has 7 nitrogen and oxygen atoms in total. The van der Waals surface area contributed by atoms with Gasteiger partial charge < -0.3 is 35.7 Å². The van der Waals surface area contributed by atoms with Crippen LogP contribution in [0, 0.1) is 11.8 Å². The molecular formula is C9H16O7. The summed E-state index contributed by atoms with van der Waals surface area (Å²) in [7, 11) is 0. The molecule has 0 aromatic heterocycles. The summed E-state index contributed by atoms with van der Waals surface area (Å²) in [5, 5.41) is 66.7. The van der Waals surface area contributed by atoms with E-state index in [0.29, 0.717) is 0 Å². The molecule has 7 N–H and O–H groups in total.